The molecule has 1 N–H and O–H groups in total. The fourth-order valence-corrected chi connectivity index (χ4v) is 2.51. The maximum Gasteiger partial charge on any atom is 0.416 e. The highest BCUT2D eigenvalue weighted by molar-refractivity contribution is 5.92. The minimum Gasteiger partial charge on any atom is -0.339 e. The van der Waals surface area contributed by atoms with Gasteiger partial charge in [0.1, 0.15) is 11.5 Å². The van der Waals surface area contributed by atoms with Crippen LogP contribution in [0.15, 0.2) is 36.7 Å². The molecule has 1 aromatic heterocycles. The molecule has 0 radical (unpaired) electrons. The summed E-state index contributed by atoms with van der Waals surface area (Å²) in [6.07, 6.45) is 0.220. The Morgan fingerprint density at radius 1 is 1.12 bits per heavy atom. The van der Waals surface area contributed by atoms with Gasteiger partial charge in [-0.25, -0.2) is 9.97 Å². The number of amides is 1. The number of nitrogens with zero attached hydrogens (tertiary/aromatic N) is 3. The number of hydrogen-bond donors (Lipinski definition) is 1. The molecule has 5 nitrogen and oxygen atoms in total. The first-order valence-electron chi connectivity index (χ1n) is 7.49. The number of likely N-dealkylation sites (tertiary alicyclic amines) is 1. The van der Waals surface area contributed by atoms with Crippen molar-refractivity contribution in [1.29, 1.82) is 0 Å². The van der Waals surface area contributed by atoms with Crippen LogP contribution in [0.5, 0.6) is 0 Å². The largest absolute Gasteiger partial charge is 0.416 e. The van der Waals surface area contributed by atoms with Crippen LogP contribution in [-0.2, 0) is 6.18 Å². The van der Waals surface area contributed by atoms with Crippen molar-refractivity contribution >= 4 is 17.4 Å². The van der Waals surface area contributed by atoms with E-state index in [1.165, 1.54) is 24.5 Å². The molecule has 0 spiro atoms. The maximum atomic E-state index is 12.7. The summed E-state index contributed by atoms with van der Waals surface area (Å²) in [5, 5.41) is 2.75. The quantitative estimate of drug-likeness (QED) is 0.932. The number of benzene rings is 1. The van der Waals surface area contributed by atoms with Gasteiger partial charge in [0.2, 0.25) is 0 Å². The highest BCUT2D eigenvalue weighted by atomic mass is 19.4. The van der Waals surface area contributed by atoms with Crippen LogP contribution in [0.2, 0.25) is 0 Å². The van der Waals surface area contributed by atoms with Crippen LogP contribution in [0.4, 0.5) is 24.7 Å². The molecule has 126 valence electrons. The lowest BCUT2D eigenvalue weighted by Crippen LogP contribution is -2.28. The van der Waals surface area contributed by atoms with Gasteiger partial charge in [-0.05, 0) is 31.0 Å². The number of anilines is 2. The van der Waals surface area contributed by atoms with Crippen molar-refractivity contribution in [2.24, 2.45) is 0 Å². The predicted octanol–water partition coefficient (Wildman–Crippen LogP) is 3.48. The molecule has 2 heterocycles. The van der Waals surface area contributed by atoms with E-state index in [0.29, 0.717) is 13.1 Å². The zero-order valence-corrected chi connectivity index (χ0v) is 12.7. The van der Waals surface area contributed by atoms with Gasteiger partial charge in [-0.2, -0.15) is 13.2 Å². The van der Waals surface area contributed by atoms with Gasteiger partial charge in [-0.3, -0.25) is 4.79 Å². The van der Waals surface area contributed by atoms with E-state index in [1.807, 2.05) is 0 Å². The third kappa shape index (κ3) is 3.64. The molecule has 1 fully saturated rings. The summed E-state index contributed by atoms with van der Waals surface area (Å²) in [5.74, 6) is 0.0953. The molecule has 0 bridgehead atoms. The normalized spacial score (nSPS) is 14.7. The second kappa shape index (κ2) is 6.46. The molecular weight excluding hydrogens is 321 g/mol. The highest BCUT2D eigenvalue weighted by Crippen LogP contribution is 2.31. The second-order valence-electron chi connectivity index (χ2n) is 5.49. The van der Waals surface area contributed by atoms with Crippen LogP contribution in [0.3, 0.4) is 0 Å². The molecule has 1 aliphatic rings. The van der Waals surface area contributed by atoms with Gasteiger partial charge in [0.15, 0.2) is 0 Å². The first-order valence-corrected chi connectivity index (χ1v) is 7.49. The van der Waals surface area contributed by atoms with E-state index >= 15 is 0 Å². The summed E-state index contributed by atoms with van der Waals surface area (Å²) in [6.45, 7) is 1.43. The van der Waals surface area contributed by atoms with E-state index in [-0.39, 0.29) is 23.1 Å². The highest BCUT2D eigenvalue weighted by Gasteiger charge is 2.30. The Morgan fingerprint density at radius 2 is 1.88 bits per heavy atom. The molecule has 3 rings (SSSR count). The van der Waals surface area contributed by atoms with Gasteiger partial charge in [-0.15, -0.1) is 0 Å². The summed E-state index contributed by atoms with van der Waals surface area (Å²) < 4.78 is 38.1. The third-order valence-corrected chi connectivity index (χ3v) is 3.73. The Hall–Kier alpha value is -2.64. The molecule has 0 saturated carbocycles. The minimum atomic E-state index is -4.41. The van der Waals surface area contributed by atoms with Crippen molar-refractivity contribution < 1.29 is 18.0 Å². The fraction of sp³-hybridized carbons (Fsp3) is 0.312. The van der Waals surface area contributed by atoms with Crippen LogP contribution in [-0.4, -0.2) is 33.9 Å². The number of aromatic nitrogens is 2. The molecule has 1 amide bonds. The van der Waals surface area contributed by atoms with Gasteiger partial charge >= 0.3 is 6.18 Å². The molecule has 0 atom stereocenters. The van der Waals surface area contributed by atoms with Gasteiger partial charge in [-0.1, -0.05) is 6.07 Å². The Balaban J connectivity index is 1.71. The maximum absolute atomic E-state index is 12.7. The first-order chi connectivity index (χ1) is 11.4. The first kappa shape index (κ1) is 16.2. The Kier molecular flexibility index (Phi) is 4.37. The summed E-state index contributed by atoms with van der Waals surface area (Å²) >= 11 is 0. The van der Waals surface area contributed by atoms with Crippen LogP contribution < -0.4 is 5.32 Å². The van der Waals surface area contributed by atoms with Crippen molar-refractivity contribution in [3.8, 4) is 0 Å². The fourth-order valence-electron chi connectivity index (χ4n) is 2.51. The lowest BCUT2D eigenvalue weighted by Gasteiger charge is -2.14. The molecule has 2 aromatic rings. The molecule has 1 aromatic carbocycles. The summed E-state index contributed by atoms with van der Waals surface area (Å²) in [7, 11) is 0. The summed E-state index contributed by atoms with van der Waals surface area (Å²) in [6, 6.07) is 4.80. The lowest BCUT2D eigenvalue weighted by molar-refractivity contribution is -0.137. The molecule has 24 heavy (non-hydrogen) atoms. The smallest absolute Gasteiger partial charge is 0.339 e. The predicted molar refractivity (Wildman–Crippen MR) is 81.9 cm³/mol. The van der Waals surface area contributed by atoms with Crippen molar-refractivity contribution in [3.63, 3.8) is 0 Å². The van der Waals surface area contributed by atoms with E-state index in [2.05, 4.69) is 15.3 Å². The molecule has 1 aliphatic heterocycles. The molecule has 0 unspecified atom stereocenters. The van der Waals surface area contributed by atoms with Crippen molar-refractivity contribution in [1.82, 2.24) is 14.9 Å². The van der Waals surface area contributed by atoms with Gasteiger partial charge in [0.05, 0.1) is 18.0 Å². The van der Waals surface area contributed by atoms with Crippen molar-refractivity contribution in [3.05, 3.63) is 47.9 Å². The Bertz CT molecular complexity index is 725. The minimum absolute atomic E-state index is 0.175. The Morgan fingerprint density at radius 3 is 2.50 bits per heavy atom. The van der Waals surface area contributed by atoms with Crippen molar-refractivity contribution in [2.75, 3.05) is 18.4 Å². The molecular formula is C16H15F3N4O. The van der Waals surface area contributed by atoms with Crippen molar-refractivity contribution in [2.45, 2.75) is 19.0 Å². The van der Waals surface area contributed by atoms with E-state index in [4.69, 9.17) is 0 Å². The number of alkyl halides is 3. The number of rotatable bonds is 3. The monoisotopic (exact) mass is 336 g/mol. The average Bonchev–Trinajstić information content (AvgIpc) is 3.09. The van der Waals surface area contributed by atoms with Gasteiger partial charge < -0.3 is 10.2 Å². The van der Waals surface area contributed by atoms with Gasteiger partial charge in [0, 0.05) is 18.8 Å². The van der Waals surface area contributed by atoms with Crippen LogP contribution in [0.25, 0.3) is 0 Å². The standard InChI is InChI=1S/C16H15F3N4O/c17-16(18,19)11-4-3-5-12(8-11)22-14-10-20-13(9-21-14)15(24)23-6-1-2-7-23/h3-5,8-10H,1-2,6-7H2,(H,21,22). The number of nitrogens with one attached hydrogen (secondary N) is 1. The van der Waals surface area contributed by atoms with Crippen LogP contribution in [0.1, 0.15) is 28.9 Å². The average molecular weight is 336 g/mol. The van der Waals surface area contributed by atoms with Crippen LogP contribution >= 0.6 is 0 Å². The molecule has 0 aliphatic carbocycles. The number of carbonyl (C=O) groups excluding carboxylic acids is 1. The number of carbonyl (C=O) groups is 1. The van der Waals surface area contributed by atoms with Crippen LogP contribution in [0, 0.1) is 0 Å². The van der Waals surface area contributed by atoms with E-state index in [0.717, 1.165) is 25.0 Å². The zero-order chi connectivity index (χ0) is 17.2. The van der Waals surface area contributed by atoms with E-state index in [9.17, 15) is 18.0 Å². The number of halogens is 3. The topological polar surface area (TPSA) is 58.1 Å². The number of hydrogen-bond acceptors (Lipinski definition) is 4. The van der Waals surface area contributed by atoms with E-state index < -0.39 is 11.7 Å². The third-order valence-electron chi connectivity index (χ3n) is 3.73. The zero-order valence-electron chi connectivity index (χ0n) is 12.7. The molecule has 8 heteroatoms. The second-order valence-corrected chi connectivity index (χ2v) is 5.49. The SMILES string of the molecule is O=C(c1cnc(Nc2cccc(C(F)(F)F)c2)cn1)N1CCCC1. The molecule has 1 saturated heterocycles. The Labute approximate surface area is 136 Å². The van der Waals surface area contributed by atoms with Gasteiger partial charge in [0.25, 0.3) is 5.91 Å². The van der Waals surface area contributed by atoms with E-state index in [1.54, 1.807) is 4.90 Å². The summed E-state index contributed by atoms with van der Waals surface area (Å²) in [4.78, 5) is 22.0. The summed E-state index contributed by atoms with van der Waals surface area (Å²) in [5.41, 5.74) is -0.273. The lowest BCUT2D eigenvalue weighted by atomic mass is 10.2.